The fraction of sp³-hybridized carbons (Fsp3) is 0.368. The van der Waals surface area contributed by atoms with Crippen molar-refractivity contribution in [2.24, 2.45) is 0 Å². The fourth-order valence-corrected chi connectivity index (χ4v) is 5.35. The van der Waals surface area contributed by atoms with Gasteiger partial charge in [-0.2, -0.15) is 4.31 Å². The first kappa shape index (κ1) is 23.5. The van der Waals surface area contributed by atoms with Gasteiger partial charge in [-0.25, -0.2) is 21.8 Å². The van der Waals surface area contributed by atoms with Crippen LogP contribution < -0.4 is 10.2 Å². The highest BCUT2D eigenvalue weighted by Crippen LogP contribution is 2.20. The average molecular weight is 487 g/mol. The first-order valence-corrected chi connectivity index (χ1v) is 13.4. The van der Waals surface area contributed by atoms with Crippen LogP contribution in [0.25, 0.3) is 0 Å². The number of halogens is 1. The fourth-order valence-electron chi connectivity index (χ4n) is 3.16. The van der Waals surface area contributed by atoms with Crippen LogP contribution in [-0.2, 0) is 19.9 Å². The van der Waals surface area contributed by atoms with Crippen molar-refractivity contribution in [1.82, 2.24) is 14.6 Å². The Morgan fingerprint density at radius 1 is 1.10 bits per heavy atom. The molecule has 0 unspecified atom stereocenters. The van der Waals surface area contributed by atoms with Crippen molar-refractivity contribution in [3.63, 3.8) is 0 Å². The first-order chi connectivity index (χ1) is 14.6. The molecule has 0 atom stereocenters. The molecule has 31 heavy (non-hydrogen) atoms. The molecule has 0 radical (unpaired) electrons. The Labute approximate surface area is 187 Å². The topological polar surface area (TPSA) is 117 Å². The number of sulfone groups is 1. The van der Waals surface area contributed by atoms with E-state index < -0.39 is 25.8 Å². The van der Waals surface area contributed by atoms with Gasteiger partial charge in [0.2, 0.25) is 10.0 Å². The van der Waals surface area contributed by atoms with Crippen LogP contribution in [0.15, 0.2) is 47.5 Å². The van der Waals surface area contributed by atoms with Crippen molar-refractivity contribution in [3.8, 4) is 0 Å². The van der Waals surface area contributed by atoms with Crippen molar-refractivity contribution in [1.29, 1.82) is 0 Å². The summed E-state index contributed by atoms with van der Waals surface area (Å²) < 4.78 is 50.0. The van der Waals surface area contributed by atoms with Gasteiger partial charge < -0.3 is 10.2 Å². The largest absolute Gasteiger partial charge is 0.354 e. The van der Waals surface area contributed by atoms with E-state index in [-0.39, 0.29) is 27.8 Å². The predicted molar refractivity (Wildman–Crippen MR) is 119 cm³/mol. The smallest absolute Gasteiger partial charge is 0.252 e. The molecular weight excluding hydrogens is 464 g/mol. The summed E-state index contributed by atoms with van der Waals surface area (Å²) in [6, 6.07) is 9.39. The van der Waals surface area contributed by atoms with Crippen LogP contribution >= 0.6 is 11.6 Å². The van der Waals surface area contributed by atoms with Crippen molar-refractivity contribution >= 4 is 43.2 Å². The molecule has 12 heteroatoms. The molecule has 1 aromatic carbocycles. The highest BCUT2D eigenvalue weighted by Gasteiger charge is 2.27. The zero-order valence-corrected chi connectivity index (χ0v) is 19.3. The number of benzene rings is 1. The summed E-state index contributed by atoms with van der Waals surface area (Å²) in [6.07, 6.45) is 2.72. The van der Waals surface area contributed by atoms with E-state index in [0.717, 1.165) is 12.1 Å². The van der Waals surface area contributed by atoms with Crippen molar-refractivity contribution in [3.05, 3.63) is 53.2 Å². The number of carbonyl (C=O) groups excluding carboxylic acids is 1. The Kier molecular flexibility index (Phi) is 7.20. The second kappa shape index (κ2) is 9.51. The molecule has 1 amide bonds. The van der Waals surface area contributed by atoms with Gasteiger partial charge in [-0.15, -0.1) is 0 Å². The monoisotopic (exact) mass is 486 g/mol. The van der Waals surface area contributed by atoms with Gasteiger partial charge in [0.25, 0.3) is 5.91 Å². The number of carbonyl (C=O) groups is 1. The maximum absolute atomic E-state index is 12.6. The Hall–Kier alpha value is -2.21. The Morgan fingerprint density at radius 2 is 1.81 bits per heavy atom. The van der Waals surface area contributed by atoms with Crippen LogP contribution in [0.2, 0.25) is 5.02 Å². The SMILES string of the molecule is CS(=O)(=O)c1ccc(Cl)c(C(=O)NCCS(=O)(=O)N2CCN(c3ccccn3)CC2)c1. The van der Waals surface area contributed by atoms with Gasteiger partial charge in [-0.1, -0.05) is 17.7 Å². The van der Waals surface area contributed by atoms with E-state index in [2.05, 4.69) is 10.3 Å². The number of hydrogen-bond acceptors (Lipinski definition) is 7. The molecule has 1 aromatic heterocycles. The second-order valence-corrected chi connectivity index (χ2v) is 11.6. The molecule has 0 saturated carbocycles. The third-order valence-electron chi connectivity index (χ3n) is 4.86. The van der Waals surface area contributed by atoms with E-state index in [9.17, 15) is 21.6 Å². The quantitative estimate of drug-likeness (QED) is 0.620. The highest BCUT2D eigenvalue weighted by atomic mass is 35.5. The van der Waals surface area contributed by atoms with Crippen LogP contribution in [0.1, 0.15) is 10.4 Å². The van der Waals surface area contributed by atoms with Gasteiger partial charge in [0.1, 0.15) is 5.82 Å². The number of nitrogens with zero attached hydrogens (tertiary/aromatic N) is 3. The number of pyridine rings is 1. The summed E-state index contributed by atoms with van der Waals surface area (Å²) in [7, 11) is -7.07. The van der Waals surface area contributed by atoms with E-state index in [0.29, 0.717) is 26.2 Å². The van der Waals surface area contributed by atoms with Crippen LogP contribution in [0.4, 0.5) is 5.82 Å². The number of hydrogen-bond donors (Lipinski definition) is 1. The molecule has 1 aliphatic rings. The number of anilines is 1. The van der Waals surface area contributed by atoms with Crippen molar-refractivity contribution in [2.45, 2.75) is 4.90 Å². The number of piperazine rings is 1. The molecule has 0 bridgehead atoms. The lowest BCUT2D eigenvalue weighted by atomic mass is 10.2. The van der Waals surface area contributed by atoms with Gasteiger partial charge in [0.15, 0.2) is 9.84 Å². The number of amides is 1. The highest BCUT2D eigenvalue weighted by molar-refractivity contribution is 7.90. The normalized spacial score (nSPS) is 15.6. The van der Waals surface area contributed by atoms with Gasteiger partial charge in [-0.05, 0) is 30.3 Å². The first-order valence-electron chi connectivity index (χ1n) is 9.49. The van der Waals surface area contributed by atoms with Crippen LogP contribution in [-0.4, -0.2) is 76.8 Å². The average Bonchev–Trinajstić information content (AvgIpc) is 2.73. The van der Waals surface area contributed by atoms with E-state index >= 15 is 0 Å². The van der Waals surface area contributed by atoms with E-state index in [1.165, 1.54) is 22.5 Å². The molecule has 3 rings (SSSR count). The summed E-state index contributed by atoms with van der Waals surface area (Å²) in [4.78, 5) is 18.6. The number of nitrogens with one attached hydrogen (secondary N) is 1. The lowest BCUT2D eigenvalue weighted by molar-refractivity contribution is 0.0956. The summed E-state index contributed by atoms with van der Waals surface area (Å²) in [5.41, 5.74) is -0.0223. The predicted octanol–water partition coefficient (Wildman–Crippen LogP) is 1.02. The van der Waals surface area contributed by atoms with Crippen LogP contribution in [0.5, 0.6) is 0 Å². The lowest BCUT2D eigenvalue weighted by Gasteiger charge is -2.34. The summed E-state index contributed by atoms with van der Waals surface area (Å²) in [5, 5.41) is 2.59. The summed E-state index contributed by atoms with van der Waals surface area (Å²) in [5.74, 6) is -0.100. The van der Waals surface area contributed by atoms with Gasteiger partial charge in [0, 0.05) is 45.2 Å². The molecule has 2 heterocycles. The third-order valence-corrected chi connectivity index (χ3v) is 8.17. The Balaban J connectivity index is 1.55. The van der Waals surface area contributed by atoms with E-state index in [4.69, 9.17) is 11.6 Å². The molecule has 9 nitrogen and oxygen atoms in total. The van der Waals surface area contributed by atoms with Crippen LogP contribution in [0.3, 0.4) is 0 Å². The minimum absolute atomic E-state index is 0.0223. The Bertz CT molecular complexity index is 1150. The molecule has 1 aliphatic heterocycles. The van der Waals surface area contributed by atoms with E-state index in [1.54, 1.807) is 6.20 Å². The molecule has 0 aliphatic carbocycles. The van der Waals surface area contributed by atoms with Crippen LogP contribution in [0, 0.1) is 0 Å². The summed E-state index contributed by atoms with van der Waals surface area (Å²) >= 11 is 6.00. The minimum atomic E-state index is -3.57. The lowest BCUT2D eigenvalue weighted by Crippen LogP contribution is -2.50. The molecule has 168 valence electrons. The molecule has 1 N–H and O–H groups in total. The standard InChI is InChI=1S/C19H23ClN4O5S2/c1-30(26,27)15-5-6-17(20)16(14-15)19(25)22-8-13-31(28,29)24-11-9-23(10-12-24)18-4-2-3-7-21-18/h2-7,14H,8-13H2,1H3,(H,22,25). The maximum Gasteiger partial charge on any atom is 0.252 e. The molecule has 2 aromatic rings. The Morgan fingerprint density at radius 3 is 2.42 bits per heavy atom. The molecular formula is C19H23ClN4O5S2. The molecule has 0 spiro atoms. The van der Waals surface area contributed by atoms with E-state index in [1.807, 2.05) is 23.1 Å². The number of aromatic nitrogens is 1. The van der Waals surface area contributed by atoms with Gasteiger partial charge in [0.05, 0.1) is 21.2 Å². The van der Waals surface area contributed by atoms with Gasteiger partial charge in [-0.3, -0.25) is 4.79 Å². The zero-order chi connectivity index (χ0) is 22.6. The van der Waals surface area contributed by atoms with Gasteiger partial charge >= 0.3 is 0 Å². The minimum Gasteiger partial charge on any atom is -0.354 e. The molecule has 1 fully saturated rings. The van der Waals surface area contributed by atoms with Crippen molar-refractivity contribution in [2.75, 3.05) is 49.6 Å². The third kappa shape index (κ3) is 5.94. The van der Waals surface area contributed by atoms with Crippen molar-refractivity contribution < 1.29 is 21.6 Å². The number of rotatable bonds is 7. The zero-order valence-electron chi connectivity index (χ0n) is 16.9. The summed E-state index contributed by atoms with van der Waals surface area (Å²) in [6.45, 7) is 1.58. The molecule has 1 saturated heterocycles. The second-order valence-electron chi connectivity index (χ2n) is 7.06. The maximum atomic E-state index is 12.6. The number of sulfonamides is 1.